The molecule has 18 heteroatoms. The van der Waals surface area contributed by atoms with Gasteiger partial charge in [-0.1, -0.05) is 30.9 Å². The molecule has 3 N–H and O–H groups in total. The zero-order chi connectivity index (χ0) is 36.1. The second-order valence-corrected chi connectivity index (χ2v) is 20.7. The number of anilines is 1. The van der Waals surface area contributed by atoms with E-state index in [0.717, 1.165) is 82.2 Å². The minimum absolute atomic E-state index is 0.0271. The lowest BCUT2D eigenvalue weighted by atomic mass is 9.87. The first-order valence-electron chi connectivity index (χ1n) is 17.1. The van der Waals surface area contributed by atoms with E-state index in [1.54, 1.807) is 10.4 Å². The van der Waals surface area contributed by atoms with Gasteiger partial charge < -0.3 is 15.3 Å². The van der Waals surface area contributed by atoms with Crippen LogP contribution in [0.25, 0.3) is 0 Å². The summed E-state index contributed by atoms with van der Waals surface area (Å²) in [6, 6.07) is 1.75. The number of nitrogens with one attached hydrogen (secondary N) is 2. The van der Waals surface area contributed by atoms with E-state index in [2.05, 4.69) is 51.8 Å². The van der Waals surface area contributed by atoms with Gasteiger partial charge in [0.15, 0.2) is 0 Å². The Labute approximate surface area is 320 Å². The van der Waals surface area contributed by atoms with Gasteiger partial charge in [-0.15, -0.1) is 11.3 Å². The van der Waals surface area contributed by atoms with Crippen LogP contribution in [0, 0.1) is 17.8 Å². The Kier molecular flexibility index (Phi) is 14.1. The number of aliphatic carboxylic acids is 1. The molecule has 12 nitrogen and oxygen atoms in total. The zero-order valence-corrected chi connectivity index (χ0v) is 34.0. The number of nitrogens with zero attached hydrogens (tertiary/aromatic N) is 3. The van der Waals surface area contributed by atoms with Crippen molar-refractivity contribution in [1.29, 1.82) is 0 Å². The number of carbonyl (C=O) groups is 2. The van der Waals surface area contributed by atoms with Gasteiger partial charge in [0.25, 0.3) is 10.0 Å². The van der Waals surface area contributed by atoms with Crippen LogP contribution in [0.1, 0.15) is 77.0 Å². The van der Waals surface area contributed by atoms with E-state index < -0.39 is 32.1 Å². The minimum atomic E-state index is -4.14. The Morgan fingerprint density at radius 2 is 1.58 bits per heavy atom. The fourth-order valence-electron chi connectivity index (χ4n) is 6.60. The molecule has 2 aromatic heterocycles. The second kappa shape index (κ2) is 17.7. The fraction of sp³-hybridized carbons (Fsp3) is 0.656. The van der Waals surface area contributed by atoms with E-state index >= 15 is 0 Å². The minimum Gasteiger partial charge on any atom is -0.480 e. The maximum Gasteiger partial charge on any atom is 0.321 e. The van der Waals surface area contributed by atoms with Gasteiger partial charge >= 0.3 is 5.97 Å². The number of pyridine rings is 1. The molecule has 0 radical (unpaired) electrons. The highest BCUT2D eigenvalue weighted by Crippen LogP contribution is 2.38. The molecule has 2 aromatic rings. The first-order valence-corrected chi connectivity index (χ1v) is 22.8. The van der Waals surface area contributed by atoms with Crippen molar-refractivity contribution in [2.24, 2.45) is 17.8 Å². The third-order valence-corrected chi connectivity index (χ3v) is 16.6. The highest BCUT2D eigenvalue weighted by Gasteiger charge is 2.32. The standard InChI is InChI=1S/C32H44Br2ClN5O7S3/c33-25-19-28(48-29(25)35)50(46,47)40-16-11-22(12-17-40)5-3-4-21-9-14-39(15-10-21)30-26(34)18-24(20-37-30)49(44,45)38-27(32(42)43)6-1-2-13-36-31(41)23-7-8-23/h18-23,27,38H,1-17H2,(H,36,41)(H,42,43). The Morgan fingerprint density at radius 1 is 0.940 bits per heavy atom. The van der Waals surface area contributed by atoms with E-state index in [-0.39, 0.29) is 27.4 Å². The van der Waals surface area contributed by atoms with Crippen molar-refractivity contribution in [1.82, 2.24) is 19.3 Å². The molecule has 4 heterocycles. The number of aromatic nitrogens is 1. The number of rotatable bonds is 17. The van der Waals surface area contributed by atoms with Crippen LogP contribution in [0.3, 0.4) is 0 Å². The van der Waals surface area contributed by atoms with Gasteiger partial charge in [-0.05, 0) is 114 Å². The summed E-state index contributed by atoms with van der Waals surface area (Å²) in [6.07, 6.45) is 11.2. The quantitative estimate of drug-likeness (QED) is 0.156. The summed E-state index contributed by atoms with van der Waals surface area (Å²) >= 11 is 13.9. The molecule has 1 atom stereocenters. The van der Waals surface area contributed by atoms with Crippen LogP contribution in [0.15, 0.2) is 36.4 Å². The van der Waals surface area contributed by atoms with Gasteiger partial charge in [0.1, 0.15) is 25.3 Å². The van der Waals surface area contributed by atoms with Crippen LogP contribution in [0.2, 0.25) is 4.34 Å². The van der Waals surface area contributed by atoms with Crippen molar-refractivity contribution in [2.75, 3.05) is 37.6 Å². The predicted molar refractivity (Wildman–Crippen MR) is 201 cm³/mol. The molecule has 2 aliphatic heterocycles. The summed E-state index contributed by atoms with van der Waals surface area (Å²) < 4.78 is 58.0. The van der Waals surface area contributed by atoms with Gasteiger partial charge in [-0.2, -0.15) is 9.03 Å². The Bertz CT molecular complexity index is 1710. The van der Waals surface area contributed by atoms with E-state index in [4.69, 9.17) is 11.6 Å². The van der Waals surface area contributed by atoms with E-state index in [9.17, 15) is 31.5 Å². The molecule has 5 rings (SSSR count). The molecule has 1 saturated carbocycles. The number of carboxylic acids is 1. The highest BCUT2D eigenvalue weighted by molar-refractivity contribution is 9.11. The van der Waals surface area contributed by atoms with E-state index in [0.29, 0.717) is 63.4 Å². The summed E-state index contributed by atoms with van der Waals surface area (Å²) in [5.41, 5.74) is 0. The first-order chi connectivity index (χ1) is 23.7. The predicted octanol–water partition coefficient (Wildman–Crippen LogP) is 6.24. The molecule has 0 bridgehead atoms. The van der Waals surface area contributed by atoms with Crippen LogP contribution in [0.5, 0.6) is 0 Å². The van der Waals surface area contributed by atoms with Gasteiger partial charge in [-0.3, -0.25) is 9.59 Å². The number of carboxylic acid groups (broad SMARTS) is 1. The smallest absolute Gasteiger partial charge is 0.321 e. The second-order valence-electron chi connectivity index (χ2n) is 13.4. The topological polar surface area (TPSA) is 166 Å². The largest absolute Gasteiger partial charge is 0.480 e. The van der Waals surface area contributed by atoms with Crippen LogP contribution >= 0.6 is 54.8 Å². The van der Waals surface area contributed by atoms with E-state index in [1.807, 2.05) is 0 Å². The summed E-state index contributed by atoms with van der Waals surface area (Å²) in [5, 5.41) is 12.5. The van der Waals surface area contributed by atoms with Gasteiger partial charge in [0, 0.05) is 49.3 Å². The summed E-state index contributed by atoms with van der Waals surface area (Å²) in [4.78, 5) is 30.1. The molecule has 1 amide bonds. The number of amides is 1. The number of hydrogen-bond acceptors (Lipinski definition) is 9. The normalized spacial score (nSPS) is 19.1. The molecular formula is C32H44Br2ClN5O7S3. The van der Waals surface area contributed by atoms with Crippen molar-refractivity contribution < 1.29 is 31.5 Å². The Balaban J connectivity index is 1.02. The molecule has 278 valence electrons. The molecule has 0 spiro atoms. The fourth-order valence-corrected chi connectivity index (χ4v) is 12.5. The summed E-state index contributed by atoms with van der Waals surface area (Å²) in [7, 11) is -7.66. The van der Waals surface area contributed by atoms with Crippen LogP contribution in [-0.4, -0.2) is 81.9 Å². The van der Waals surface area contributed by atoms with Crippen molar-refractivity contribution in [3.8, 4) is 0 Å². The Hall–Kier alpha value is -1.34. The lowest BCUT2D eigenvalue weighted by molar-refractivity contribution is -0.139. The summed E-state index contributed by atoms with van der Waals surface area (Å²) in [5.74, 6) is 0.631. The van der Waals surface area contributed by atoms with Crippen molar-refractivity contribution in [3.05, 3.63) is 31.6 Å². The molecule has 1 aliphatic carbocycles. The molecule has 50 heavy (non-hydrogen) atoms. The molecule has 3 aliphatic rings. The number of halogens is 3. The van der Waals surface area contributed by atoms with Crippen LogP contribution < -0.4 is 14.9 Å². The van der Waals surface area contributed by atoms with Crippen molar-refractivity contribution in [2.45, 2.75) is 92.2 Å². The number of hydrogen-bond donors (Lipinski definition) is 3. The molecule has 3 fully saturated rings. The van der Waals surface area contributed by atoms with Gasteiger partial charge in [-0.25, -0.2) is 21.8 Å². The van der Waals surface area contributed by atoms with Gasteiger partial charge in [0.05, 0.1) is 4.47 Å². The van der Waals surface area contributed by atoms with Crippen LogP contribution in [-0.2, 0) is 29.6 Å². The van der Waals surface area contributed by atoms with Crippen LogP contribution in [0.4, 0.5) is 5.82 Å². The maximum atomic E-state index is 13.1. The Morgan fingerprint density at radius 3 is 2.14 bits per heavy atom. The molecule has 2 saturated heterocycles. The average Bonchev–Trinajstić information content (AvgIpc) is 3.88. The van der Waals surface area contributed by atoms with Crippen molar-refractivity contribution in [3.63, 3.8) is 0 Å². The first kappa shape index (κ1) is 39.9. The molecule has 1 unspecified atom stereocenters. The number of piperidine rings is 2. The lowest BCUT2D eigenvalue weighted by Crippen LogP contribution is -2.41. The third kappa shape index (κ3) is 10.6. The number of unbranched alkanes of at least 4 members (excludes halogenated alkanes) is 1. The monoisotopic (exact) mass is 899 g/mol. The summed E-state index contributed by atoms with van der Waals surface area (Å²) in [6.45, 7) is 3.08. The van der Waals surface area contributed by atoms with Crippen molar-refractivity contribution >= 4 is 92.5 Å². The molecular weight excluding hydrogens is 858 g/mol. The zero-order valence-electron chi connectivity index (χ0n) is 27.7. The highest BCUT2D eigenvalue weighted by atomic mass is 79.9. The SMILES string of the molecule is O=C(NCCCCC(NS(=O)(=O)c1cnc(N2CCC(CCCC3CCN(S(=O)(=O)c4cc(Br)c(Cl)s4)CC3)CC2)c(Br)c1)C(=O)O)C1CC1. The number of thiophene rings is 1. The average molecular weight is 902 g/mol. The lowest BCUT2D eigenvalue weighted by Gasteiger charge is -2.34. The third-order valence-electron chi connectivity index (χ3n) is 9.80. The van der Waals surface area contributed by atoms with Gasteiger partial charge in [0.2, 0.25) is 15.9 Å². The number of carbonyl (C=O) groups excluding carboxylic acids is 1. The molecule has 0 aromatic carbocycles. The van der Waals surface area contributed by atoms with E-state index in [1.165, 1.54) is 12.3 Å². The maximum absolute atomic E-state index is 13.1. The number of sulfonamides is 2.